The van der Waals surface area contributed by atoms with Gasteiger partial charge < -0.3 is 4.43 Å². The van der Waals surface area contributed by atoms with Crippen LogP contribution in [-0.2, 0) is 15.4 Å². The number of hydrogen-bond donors (Lipinski definition) is 1. The summed E-state index contributed by atoms with van der Waals surface area (Å²) in [7, 11) is -3.24. The van der Waals surface area contributed by atoms with E-state index in [1.54, 1.807) is 0 Å². The zero-order chi connectivity index (χ0) is 18.8. The van der Waals surface area contributed by atoms with E-state index in [2.05, 4.69) is 51.8 Å². The Hall–Kier alpha value is -0.563. The molecule has 0 saturated heterocycles. The molecule has 24 heavy (non-hydrogen) atoms. The van der Waals surface area contributed by atoms with Crippen molar-refractivity contribution in [3.63, 3.8) is 0 Å². The van der Waals surface area contributed by atoms with Crippen molar-refractivity contribution in [2.45, 2.75) is 76.8 Å². The normalized spacial score (nSPS) is 16.0. The number of hydrogen-bond acceptors (Lipinski definition) is 3. The van der Waals surface area contributed by atoms with Crippen LogP contribution in [0.3, 0.4) is 0 Å². The Morgan fingerprint density at radius 2 is 1.88 bits per heavy atom. The van der Waals surface area contributed by atoms with Crippen LogP contribution in [0, 0.1) is 6.92 Å². The van der Waals surface area contributed by atoms with Crippen molar-refractivity contribution in [3.8, 4) is 0 Å². The Morgan fingerprint density at radius 1 is 1.29 bits per heavy atom. The molecule has 0 amide bonds. The number of pyridine rings is 1. The van der Waals surface area contributed by atoms with E-state index < -0.39 is 24.1 Å². The van der Waals surface area contributed by atoms with Gasteiger partial charge in [-0.3, -0.25) is 10.1 Å². The first-order chi connectivity index (χ1) is 10.8. The topological polar surface area (TPSA) is 65.2 Å². The maximum absolute atomic E-state index is 11.9. The van der Waals surface area contributed by atoms with Crippen LogP contribution in [0.25, 0.3) is 0 Å². The maximum atomic E-state index is 11.9. The molecule has 0 spiro atoms. The molecule has 0 aliphatic heterocycles. The highest BCUT2D eigenvalue weighted by Gasteiger charge is 2.38. The summed E-state index contributed by atoms with van der Waals surface area (Å²) in [6.45, 7) is 17.7. The summed E-state index contributed by atoms with van der Waals surface area (Å²) in [4.78, 5) is 4.54. The molecule has 1 aromatic rings. The molecule has 2 N–H and O–H groups in total. The van der Waals surface area contributed by atoms with E-state index in [-0.39, 0.29) is 11.0 Å². The molecule has 1 unspecified atom stereocenters. The molecule has 4 nitrogen and oxygen atoms in total. The van der Waals surface area contributed by atoms with E-state index in [9.17, 15) is 4.21 Å². The van der Waals surface area contributed by atoms with Crippen LogP contribution in [0.5, 0.6) is 0 Å². The Balaban J connectivity index is 3.04. The van der Waals surface area contributed by atoms with Gasteiger partial charge in [-0.25, -0.2) is 4.21 Å². The van der Waals surface area contributed by atoms with E-state index in [0.29, 0.717) is 13.0 Å². The summed E-state index contributed by atoms with van der Waals surface area (Å²) < 4.78 is 17.9. The molecule has 0 radical (unpaired) electrons. The summed E-state index contributed by atoms with van der Waals surface area (Å²) in [5, 5.41) is 5.85. The first-order valence-corrected chi connectivity index (χ1v) is 12.6. The molecular formula is C18H34N2O2SSi. The molecule has 138 valence electrons. The Labute approximate surface area is 151 Å². The molecule has 1 rings (SSSR count). The zero-order valence-electron chi connectivity index (χ0n) is 16.5. The number of aromatic nitrogens is 1. The van der Waals surface area contributed by atoms with Gasteiger partial charge in [0, 0.05) is 24.4 Å². The van der Waals surface area contributed by atoms with Gasteiger partial charge in [0.2, 0.25) is 0 Å². The number of aryl methyl sites for hydroxylation is 1. The minimum atomic E-state index is -1.85. The van der Waals surface area contributed by atoms with Crippen LogP contribution in [-0.4, -0.2) is 28.9 Å². The summed E-state index contributed by atoms with van der Waals surface area (Å²) in [5.74, 6) is 0.0847. The molecule has 0 aromatic carbocycles. The fraction of sp³-hybridized carbons (Fsp3) is 0.722. The second-order valence-electron chi connectivity index (χ2n) is 8.79. The molecule has 0 fully saturated rings. The van der Waals surface area contributed by atoms with Crippen LogP contribution in [0.15, 0.2) is 18.3 Å². The molecule has 0 aliphatic carbocycles. The lowest BCUT2D eigenvalue weighted by Crippen LogP contribution is -2.42. The van der Waals surface area contributed by atoms with Crippen LogP contribution >= 0.6 is 0 Å². The first kappa shape index (κ1) is 21.5. The van der Waals surface area contributed by atoms with E-state index in [4.69, 9.17) is 9.56 Å². The number of nitrogens with two attached hydrogens (primary N) is 1. The van der Waals surface area contributed by atoms with Crippen molar-refractivity contribution in [2.24, 2.45) is 5.14 Å². The van der Waals surface area contributed by atoms with Gasteiger partial charge in [-0.1, -0.05) is 20.8 Å². The second-order valence-corrected chi connectivity index (χ2v) is 15.3. The molecule has 0 saturated carbocycles. The highest BCUT2D eigenvalue weighted by Crippen LogP contribution is 2.38. The third-order valence-electron chi connectivity index (χ3n) is 5.09. The lowest BCUT2D eigenvalue weighted by molar-refractivity contribution is 0.248. The van der Waals surface area contributed by atoms with E-state index >= 15 is 0 Å². The third-order valence-corrected chi connectivity index (χ3v) is 10.8. The molecule has 0 aliphatic rings. The molecule has 1 aromatic heterocycles. The maximum Gasteiger partial charge on any atom is 0.192 e. The fourth-order valence-electron chi connectivity index (χ4n) is 2.23. The Bertz CT molecular complexity index is 583. The van der Waals surface area contributed by atoms with Crippen molar-refractivity contribution in [3.05, 3.63) is 29.6 Å². The Kier molecular flexibility index (Phi) is 6.95. The molecule has 0 bridgehead atoms. The lowest BCUT2D eigenvalue weighted by atomic mass is 9.93. The minimum Gasteiger partial charge on any atom is -0.416 e. The average molecular weight is 371 g/mol. The van der Waals surface area contributed by atoms with Crippen molar-refractivity contribution in [2.75, 3.05) is 6.61 Å². The van der Waals surface area contributed by atoms with Gasteiger partial charge >= 0.3 is 0 Å². The predicted octanol–water partition coefficient (Wildman–Crippen LogP) is 4.29. The zero-order valence-corrected chi connectivity index (χ0v) is 18.3. The summed E-state index contributed by atoms with van der Waals surface area (Å²) >= 11 is 0. The van der Waals surface area contributed by atoms with Gasteiger partial charge in [-0.15, -0.1) is 0 Å². The smallest absolute Gasteiger partial charge is 0.192 e. The van der Waals surface area contributed by atoms with Crippen LogP contribution < -0.4 is 5.14 Å². The summed E-state index contributed by atoms with van der Waals surface area (Å²) in [6.07, 6.45) is 2.51. The van der Waals surface area contributed by atoms with E-state index in [1.165, 1.54) is 5.56 Å². The van der Waals surface area contributed by atoms with Crippen LogP contribution in [0.4, 0.5) is 0 Å². The van der Waals surface area contributed by atoms with Crippen molar-refractivity contribution >= 4 is 19.3 Å². The Morgan fingerprint density at radius 3 is 2.33 bits per heavy atom. The van der Waals surface area contributed by atoms with Gasteiger partial charge in [-0.05, 0) is 63.0 Å². The average Bonchev–Trinajstić information content (AvgIpc) is 2.42. The third kappa shape index (κ3) is 5.76. The van der Waals surface area contributed by atoms with Gasteiger partial charge in [0.15, 0.2) is 8.32 Å². The van der Waals surface area contributed by atoms with Crippen LogP contribution in [0.2, 0.25) is 18.1 Å². The predicted molar refractivity (Wildman–Crippen MR) is 106 cm³/mol. The van der Waals surface area contributed by atoms with Gasteiger partial charge in [0.25, 0.3) is 0 Å². The van der Waals surface area contributed by atoms with Crippen molar-refractivity contribution in [1.29, 1.82) is 0 Å². The van der Waals surface area contributed by atoms with Crippen molar-refractivity contribution in [1.82, 2.24) is 4.98 Å². The van der Waals surface area contributed by atoms with Crippen molar-refractivity contribution < 1.29 is 8.63 Å². The number of nitrogens with zero attached hydrogens (tertiary/aromatic N) is 1. The summed E-state index contributed by atoms with van der Waals surface area (Å²) in [5.41, 5.74) is 2.16. The molecule has 6 heteroatoms. The second kappa shape index (κ2) is 7.77. The highest BCUT2D eigenvalue weighted by molar-refractivity contribution is 7.84. The monoisotopic (exact) mass is 370 g/mol. The summed E-state index contributed by atoms with van der Waals surface area (Å²) in [6, 6.07) is 4.08. The molecule has 1 heterocycles. The van der Waals surface area contributed by atoms with Gasteiger partial charge in [0.1, 0.15) is 0 Å². The quantitative estimate of drug-likeness (QED) is 0.728. The fourth-order valence-corrected chi connectivity index (χ4v) is 3.65. The van der Waals surface area contributed by atoms with E-state index in [1.807, 2.05) is 26.1 Å². The number of rotatable bonds is 7. The standard InChI is InChI=1S/C18H34N2O2SSi/c1-14-9-10-20-16(11-14)15(12-18(5,6)23(19)21)13-22-24(7,8)17(2,3)4/h9-11,15H,12-13,19H2,1-8H3/t15-,23?/m1/s1. The van der Waals surface area contributed by atoms with Crippen LogP contribution in [0.1, 0.15) is 58.2 Å². The SMILES string of the molecule is Cc1ccnc([C@@H](CO[Si](C)(C)C(C)(C)C)CC(C)(C)S(N)=O)c1. The first-order valence-electron chi connectivity index (χ1n) is 8.49. The van der Waals surface area contributed by atoms with E-state index in [0.717, 1.165) is 5.69 Å². The minimum absolute atomic E-state index is 0.0847. The molecule has 2 atom stereocenters. The van der Waals surface area contributed by atoms with Gasteiger partial charge in [0.05, 0.1) is 15.7 Å². The molecular weight excluding hydrogens is 336 g/mol. The largest absolute Gasteiger partial charge is 0.416 e. The van der Waals surface area contributed by atoms with Gasteiger partial charge in [-0.2, -0.15) is 0 Å². The lowest BCUT2D eigenvalue weighted by Gasteiger charge is -2.38. The highest BCUT2D eigenvalue weighted by atomic mass is 32.2.